The second-order valence-corrected chi connectivity index (χ2v) is 10.1. The molecule has 198 valence electrons. The van der Waals surface area contributed by atoms with Crippen molar-refractivity contribution >= 4 is 33.4 Å². The molecule has 0 unspecified atom stereocenters. The third-order valence-corrected chi connectivity index (χ3v) is 7.36. The Kier molecular flexibility index (Phi) is 7.70. The molecular formula is C32H24F3IO3. The fourth-order valence-corrected chi connectivity index (χ4v) is 5.40. The van der Waals surface area contributed by atoms with Gasteiger partial charge in [0.05, 0.1) is 19.8 Å². The summed E-state index contributed by atoms with van der Waals surface area (Å²) in [6.45, 7) is 0.418. The Labute approximate surface area is 238 Å². The van der Waals surface area contributed by atoms with Gasteiger partial charge in [-0.2, -0.15) is 13.2 Å². The number of halogens is 4. The maximum absolute atomic E-state index is 13.0. The number of hydrogen-bond donors (Lipinski definition) is 0. The average Bonchev–Trinajstić information content (AvgIpc) is 2.95. The van der Waals surface area contributed by atoms with Crippen molar-refractivity contribution in [2.45, 2.75) is 12.8 Å². The molecule has 5 rings (SSSR count). The highest BCUT2D eigenvalue weighted by molar-refractivity contribution is 14.1. The lowest BCUT2D eigenvalue weighted by Crippen LogP contribution is -2.03. The van der Waals surface area contributed by atoms with Gasteiger partial charge >= 0.3 is 6.18 Å². The van der Waals surface area contributed by atoms with E-state index in [0.29, 0.717) is 23.7 Å². The van der Waals surface area contributed by atoms with E-state index >= 15 is 0 Å². The van der Waals surface area contributed by atoms with E-state index in [2.05, 4.69) is 22.6 Å². The molecule has 0 fully saturated rings. The number of hydrogen-bond acceptors (Lipinski definition) is 3. The Morgan fingerprint density at radius 1 is 0.641 bits per heavy atom. The maximum Gasteiger partial charge on any atom is 0.416 e. The van der Waals surface area contributed by atoms with Gasteiger partial charge in [-0.25, -0.2) is 0 Å². The molecule has 5 aromatic carbocycles. The van der Waals surface area contributed by atoms with Crippen molar-refractivity contribution in [1.82, 2.24) is 0 Å². The SMILES string of the molecule is COc1cc2c(OCc3ccccc3)cc(I)c(-c3ccc(-c4ccc(C(F)(F)F)cc4)cc3)c2cc1OC. The minimum atomic E-state index is -4.36. The van der Waals surface area contributed by atoms with Crippen LogP contribution >= 0.6 is 22.6 Å². The Bertz CT molecular complexity index is 1600. The van der Waals surface area contributed by atoms with Crippen LogP contribution in [0.1, 0.15) is 11.1 Å². The zero-order chi connectivity index (χ0) is 27.6. The van der Waals surface area contributed by atoms with E-state index in [-0.39, 0.29) is 0 Å². The molecule has 0 aliphatic heterocycles. The lowest BCUT2D eigenvalue weighted by atomic mass is 9.95. The predicted molar refractivity (Wildman–Crippen MR) is 156 cm³/mol. The summed E-state index contributed by atoms with van der Waals surface area (Å²) in [4.78, 5) is 0. The summed E-state index contributed by atoms with van der Waals surface area (Å²) in [7, 11) is 3.20. The molecule has 0 aliphatic carbocycles. The van der Waals surface area contributed by atoms with E-state index in [1.54, 1.807) is 14.2 Å². The number of alkyl halides is 3. The van der Waals surface area contributed by atoms with Crippen molar-refractivity contribution in [3.63, 3.8) is 0 Å². The first-order valence-electron chi connectivity index (χ1n) is 12.1. The summed E-state index contributed by atoms with van der Waals surface area (Å²) >= 11 is 2.31. The Balaban J connectivity index is 1.56. The minimum absolute atomic E-state index is 0.418. The van der Waals surface area contributed by atoms with Crippen molar-refractivity contribution in [2.75, 3.05) is 14.2 Å². The molecule has 0 radical (unpaired) electrons. The minimum Gasteiger partial charge on any atom is -0.493 e. The van der Waals surface area contributed by atoms with Crippen molar-refractivity contribution < 1.29 is 27.4 Å². The van der Waals surface area contributed by atoms with E-state index in [4.69, 9.17) is 14.2 Å². The quantitative estimate of drug-likeness (QED) is 0.166. The van der Waals surface area contributed by atoms with Crippen LogP contribution in [0.5, 0.6) is 17.2 Å². The molecule has 0 aliphatic rings. The topological polar surface area (TPSA) is 27.7 Å². The summed E-state index contributed by atoms with van der Waals surface area (Å²) in [5.74, 6) is 1.92. The molecular weight excluding hydrogens is 616 g/mol. The van der Waals surface area contributed by atoms with Crippen LogP contribution in [0, 0.1) is 3.57 Å². The molecule has 0 heterocycles. The highest BCUT2D eigenvalue weighted by Crippen LogP contribution is 2.44. The van der Waals surface area contributed by atoms with Crippen molar-refractivity contribution in [2.24, 2.45) is 0 Å². The van der Waals surface area contributed by atoms with Gasteiger partial charge in [0.1, 0.15) is 12.4 Å². The largest absolute Gasteiger partial charge is 0.493 e. The van der Waals surface area contributed by atoms with Gasteiger partial charge in [0, 0.05) is 14.5 Å². The predicted octanol–water partition coefficient (Wildman–Crippen LogP) is 9.39. The standard InChI is InChI=1S/C32H24F3IO3/c1-37-29-16-25-26(17-30(29)38-2)31(27(36)18-28(25)39-19-20-6-4-3-5-7-20)23-10-8-21(9-11-23)22-12-14-24(15-13-22)32(33,34)35/h3-18H,19H2,1-2H3. The van der Waals surface area contributed by atoms with Crippen LogP contribution < -0.4 is 14.2 Å². The summed E-state index contributed by atoms with van der Waals surface area (Å²) < 4.78 is 57.3. The molecule has 0 saturated heterocycles. The van der Waals surface area contributed by atoms with Crippen LogP contribution in [-0.2, 0) is 12.8 Å². The molecule has 0 bridgehead atoms. The average molecular weight is 640 g/mol. The van der Waals surface area contributed by atoms with Crippen LogP contribution in [0.25, 0.3) is 33.0 Å². The summed E-state index contributed by atoms with van der Waals surface area (Å²) in [5, 5.41) is 1.82. The van der Waals surface area contributed by atoms with E-state index in [9.17, 15) is 13.2 Å². The van der Waals surface area contributed by atoms with Crippen LogP contribution in [0.3, 0.4) is 0 Å². The van der Waals surface area contributed by atoms with Gasteiger partial charge in [-0.05, 0) is 80.6 Å². The summed E-state index contributed by atoms with van der Waals surface area (Å²) in [6, 6.07) is 28.8. The Morgan fingerprint density at radius 2 is 1.18 bits per heavy atom. The third kappa shape index (κ3) is 5.68. The van der Waals surface area contributed by atoms with Gasteiger partial charge in [-0.15, -0.1) is 0 Å². The molecule has 0 spiro atoms. The van der Waals surface area contributed by atoms with Gasteiger partial charge in [0.2, 0.25) is 0 Å². The number of fused-ring (bicyclic) bond motifs is 1. The van der Waals surface area contributed by atoms with Gasteiger partial charge in [-0.3, -0.25) is 0 Å². The molecule has 0 aromatic heterocycles. The first-order chi connectivity index (χ1) is 18.8. The van der Waals surface area contributed by atoms with Crippen LogP contribution in [0.4, 0.5) is 13.2 Å². The Hall–Kier alpha value is -3.72. The van der Waals surface area contributed by atoms with Crippen molar-refractivity contribution in [3.8, 4) is 39.5 Å². The molecule has 5 aromatic rings. The number of ether oxygens (including phenoxy) is 3. The highest BCUT2D eigenvalue weighted by atomic mass is 127. The number of benzene rings is 5. The van der Waals surface area contributed by atoms with E-state index < -0.39 is 11.7 Å². The molecule has 0 N–H and O–H groups in total. The second kappa shape index (κ2) is 11.2. The van der Waals surface area contributed by atoms with Crippen LogP contribution in [-0.4, -0.2) is 14.2 Å². The smallest absolute Gasteiger partial charge is 0.416 e. The monoisotopic (exact) mass is 640 g/mol. The van der Waals surface area contributed by atoms with Gasteiger partial charge < -0.3 is 14.2 Å². The lowest BCUT2D eigenvalue weighted by Gasteiger charge is -2.18. The fraction of sp³-hybridized carbons (Fsp3) is 0.125. The van der Waals surface area contributed by atoms with Gasteiger partial charge in [-0.1, -0.05) is 66.7 Å². The Morgan fingerprint density at radius 3 is 1.74 bits per heavy atom. The zero-order valence-electron chi connectivity index (χ0n) is 21.2. The number of rotatable bonds is 7. The molecule has 0 amide bonds. The normalized spacial score (nSPS) is 11.4. The van der Waals surface area contributed by atoms with E-state index in [0.717, 1.165) is 54.5 Å². The van der Waals surface area contributed by atoms with E-state index in [1.165, 1.54) is 12.1 Å². The van der Waals surface area contributed by atoms with Crippen molar-refractivity contribution in [3.05, 3.63) is 112 Å². The second-order valence-electron chi connectivity index (χ2n) is 8.91. The van der Waals surface area contributed by atoms with Crippen LogP contribution in [0.2, 0.25) is 0 Å². The first-order valence-corrected chi connectivity index (χ1v) is 13.2. The molecule has 0 atom stereocenters. The lowest BCUT2D eigenvalue weighted by molar-refractivity contribution is -0.137. The molecule has 0 saturated carbocycles. The zero-order valence-corrected chi connectivity index (χ0v) is 23.3. The van der Waals surface area contributed by atoms with Gasteiger partial charge in [0.25, 0.3) is 0 Å². The third-order valence-electron chi connectivity index (χ3n) is 6.51. The summed E-state index contributed by atoms with van der Waals surface area (Å²) in [6.07, 6.45) is -4.36. The summed E-state index contributed by atoms with van der Waals surface area (Å²) in [5.41, 5.74) is 3.89. The first kappa shape index (κ1) is 26.9. The fourth-order valence-electron chi connectivity index (χ4n) is 4.51. The van der Waals surface area contributed by atoms with Gasteiger partial charge in [0.15, 0.2) is 11.5 Å². The van der Waals surface area contributed by atoms with Crippen molar-refractivity contribution in [1.29, 1.82) is 0 Å². The van der Waals surface area contributed by atoms with E-state index in [1.807, 2.05) is 72.8 Å². The molecule has 39 heavy (non-hydrogen) atoms. The molecule has 7 heteroatoms. The highest BCUT2D eigenvalue weighted by Gasteiger charge is 2.30. The molecule has 3 nitrogen and oxygen atoms in total. The number of methoxy groups -OCH3 is 2. The maximum atomic E-state index is 13.0. The van der Waals surface area contributed by atoms with Crippen LogP contribution in [0.15, 0.2) is 97.1 Å².